The summed E-state index contributed by atoms with van der Waals surface area (Å²) >= 11 is 0. The molecule has 0 fully saturated rings. The summed E-state index contributed by atoms with van der Waals surface area (Å²) < 4.78 is 5.45. The summed E-state index contributed by atoms with van der Waals surface area (Å²) in [7, 11) is 0. The normalized spacial score (nSPS) is 10.0. The third-order valence-electron chi connectivity index (χ3n) is 3.31. The zero-order valence-electron chi connectivity index (χ0n) is 13.3. The molecule has 7 nitrogen and oxygen atoms in total. The number of non-ortho nitro benzene ring substituents is 1. The van der Waals surface area contributed by atoms with Crippen LogP contribution < -0.4 is 15.4 Å². The summed E-state index contributed by atoms with van der Waals surface area (Å²) in [6, 6.07) is 13.6. The molecular weight excluding hydrogens is 310 g/mol. The van der Waals surface area contributed by atoms with Gasteiger partial charge < -0.3 is 15.4 Å². The molecule has 0 aliphatic heterocycles. The molecule has 2 N–H and O–H groups in total. The molecule has 0 saturated heterocycles. The second-order valence-electron chi connectivity index (χ2n) is 5.13. The van der Waals surface area contributed by atoms with E-state index in [1.807, 2.05) is 31.2 Å². The number of benzene rings is 2. The van der Waals surface area contributed by atoms with Crippen molar-refractivity contribution in [2.75, 3.05) is 25.0 Å². The molecule has 0 unspecified atom stereocenters. The lowest BCUT2D eigenvalue weighted by Crippen LogP contribution is -2.32. The maximum absolute atomic E-state index is 11.7. The average molecular weight is 329 g/mol. The van der Waals surface area contributed by atoms with Crippen LogP contribution in [0.5, 0.6) is 5.75 Å². The van der Waals surface area contributed by atoms with Gasteiger partial charge in [0.1, 0.15) is 5.75 Å². The van der Waals surface area contributed by atoms with Gasteiger partial charge >= 0.3 is 0 Å². The lowest BCUT2D eigenvalue weighted by molar-refractivity contribution is -0.384. The number of hydrogen-bond acceptors (Lipinski definition) is 5. The highest BCUT2D eigenvalue weighted by molar-refractivity contribution is 5.77. The summed E-state index contributed by atoms with van der Waals surface area (Å²) in [5.41, 5.74) is 1.78. The number of ether oxygens (including phenoxy) is 1. The van der Waals surface area contributed by atoms with Gasteiger partial charge in [0.25, 0.3) is 11.6 Å². The van der Waals surface area contributed by atoms with Crippen LogP contribution in [0.2, 0.25) is 0 Å². The zero-order chi connectivity index (χ0) is 17.4. The summed E-state index contributed by atoms with van der Waals surface area (Å²) in [5.74, 6) is 0.486. The van der Waals surface area contributed by atoms with Crippen LogP contribution in [0.15, 0.2) is 48.5 Å². The number of anilines is 1. The van der Waals surface area contributed by atoms with E-state index in [0.717, 1.165) is 11.3 Å². The number of nitro benzene ring substituents is 1. The van der Waals surface area contributed by atoms with E-state index < -0.39 is 4.92 Å². The van der Waals surface area contributed by atoms with Crippen LogP contribution in [0.3, 0.4) is 0 Å². The highest BCUT2D eigenvalue weighted by Crippen LogP contribution is 2.16. The summed E-state index contributed by atoms with van der Waals surface area (Å²) in [4.78, 5) is 21.8. The molecule has 0 radical (unpaired) electrons. The first-order valence-electron chi connectivity index (χ1n) is 7.50. The molecule has 0 aromatic heterocycles. The largest absolute Gasteiger partial charge is 0.484 e. The molecule has 2 aromatic carbocycles. The van der Waals surface area contributed by atoms with Crippen LogP contribution in [0, 0.1) is 17.0 Å². The number of carbonyl (C=O) groups excluding carboxylic acids is 1. The topological polar surface area (TPSA) is 93.5 Å². The number of amides is 1. The number of carbonyl (C=O) groups is 1. The Bertz CT molecular complexity index is 701. The number of aryl methyl sites for hydroxylation is 1. The Balaban J connectivity index is 1.65. The Morgan fingerprint density at radius 1 is 1.12 bits per heavy atom. The third kappa shape index (κ3) is 5.28. The smallest absolute Gasteiger partial charge is 0.269 e. The number of para-hydroxylation sites is 1. The van der Waals surface area contributed by atoms with Crippen molar-refractivity contribution in [1.29, 1.82) is 0 Å². The van der Waals surface area contributed by atoms with Gasteiger partial charge in [-0.3, -0.25) is 14.9 Å². The lowest BCUT2D eigenvalue weighted by Gasteiger charge is -2.10. The van der Waals surface area contributed by atoms with E-state index in [0.29, 0.717) is 18.8 Å². The van der Waals surface area contributed by atoms with Crippen LogP contribution >= 0.6 is 0 Å². The number of nitrogens with one attached hydrogen (secondary N) is 2. The van der Waals surface area contributed by atoms with Crippen LogP contribution in [-0.2, 0) is 4.79 Å². The molecule has 0 spiro atoms. The van der Waals surface area contributed by atoms with E-state index in [1.165, 1.54) is 12.1 Å². The molecule has 2 rings (SSSR count). The predicted octanol–water partition coefficient (Wildman–Crippen LogP) is 2.51. The molecule has 2 aromatic rings. The molecule has 7 heteroatoms. The van der Waals surface area contributed by atoms with Crippen molar-refractivity contribution in [3.05, 3.63) is 64.2 Å². The van der Waals surface area contributed by atoms with Gasteiger partial charge in [-0.05, 0) is 30.7 Å². The van der Waals surface area contributed by atoms with Crippen LogP contribution in [0.4, 0.5) is 11.4 Å². The standard InChI is InChI=1S/C17H19N3O4/c1-13-4-2-3-5-16(13)24-12-17(21)19-11-10-18-14-6-8-15(9-7-14)20(22)23/h2-9,18H,10-12H2,1H3,(H,19,21). The van der Waals surface area contributed by atoms with Crippen molar-refractivity contribution < 1.29 is 14.5 Å². The molecule has 0 aliphatic carbocycles. The predicted molar refractivity (Wildman–Crippen MR) is 91.3 cm³/mol. The Labute approximate surface area is 139 Å². The monoisotopic (exact) mass is 329 g/mol. The van der Waals surface area contributed by atoms with Gasteiger partial charge in [-0.15, -0.1) is 0 Å². The highest BCUT2D eigenvalue weighted by atomic mass is 16.6. The minimum absolute atomic E-state index is 0.0393. The Hall–Kier alpha value is -3.09. The van der Waals surface area contributed by atoms with Crippen LogP contribution in [-0.4, -0.2) is 30.5 Å². The van der Waals surface area contributed by atoms with Crippen LogP contribution in [0.1, 0.15) is 5.56 Å². The van der Waals surface area contributed by atoms with E-state index >= 15 is 0 Å². The molecule has 1 amide bonds. The molecule has 126 valence electrons. The number of rotatable bonds is 8. The number of hydrogen-bond donors (Lipinski definition) is 2. The van der Waals surface area contributed by atoms with Gasteiger partial charge in [-0.1, -0.05) is 18.2 Å². The van der Waals surface area contributed by atoms with E-state index in [2.05, 4.69) is 10.6 Å². The van der Waals surface area contributed by atoms with Crippen molar-refractivity contribution in [2.24, 2.45) is 0 Å². The van der Waals surface area contributed by atoms with Crippen molar-refractivity contribution in [3.8, 4) is 5.75 Å². The highest BCUT2D eigenvalue weighted by Gasteiger charge is 2.05. The minimum atomic E-state index is -0.446. The maximum Gasteiger partial charge on any atom is 0.269 e. The molecule has 0 atom stereocenters. The third-order valence-corrected chi connectivity index (χ3v) is 3.31. The minimum Gasteiger partial charge on any atom is -0.484 e. The molecule has 24 heavy (non-hydrogen) atoms. The van der Waals surface area contributed by atoms with Crippen molar-refractivity contribution in [3.63, 3.8) is 0 Å². The average Bonchev–Trinajstić information content (AvgIpc) is 2.58. The first-order valence-corrected chi connectivity index (χ1v) is 7.50. The maximum atomic E-state index is 11.7. The van der Waals surface area contributed by atoms with Crippen molar-refractivity contribution in [1.82, 2.24) is 5.32 Å². The summed E-state index contributed by atoms with van der Waals surface area (Å²) in [6.45, 7) is 2.81. The van der Waals surface area contributed by atoms with E-state index in [4.69, 9.17) is 4.74 Å². The van der Waals surface area contributed by atoms with E-state index in [-0.39, 0.29) is 18.2 Å². The molecule has 0 bridgehead atoms. The van der Waals surface area contributed by atoms with Gasteiger partial charge in [-0.25, -0.2) is 0 Å². The van der Waals surface area contributed by atoms with Gasteiger partial charge in [0.05, 0.1) is 4.92 Å². The second-order valence-corrected chi connectivity index (χ2v) is 5.13. The first-order chi connectivity index (χ1) is 11.6. The van der Waals surface area contributed by atoms with Crippen LogP contribution in [0.25, 0.3) is 0 Å². The van der Waals surface area contributed by atoms with Gasteiger partial charge in [0, 0.05) is 30.9 Å². The molecular formula is C17H19N3O4. The lowest BCUT2D eigenvalue weighted by atomic mass is 10.2. The fraction of sp³-hybridized carbons (Fsp3) is 0.235. The first kappa shape index (κ1) is 17.3. The van der Waals surface area contributed by atoms with E-state index in [1.54, 1.807) is 12.1 Å². The van der Waals surface area contributed by atoms with Gasteiger partial charge in [0.2, 0.25) is 0 Å². The van der Waals surface area contributed by atoms with Gasteiger partial charge in [-0.2, -0.15) is 0 Å². The van der Waals surface area contributed by atoms with Crippen molar-refractivity contribution >= 4 is 17.3 Å². The molecule has 0 heterocycles. The zero-order valence-corrected chi connectivity index (χ0v) is 13.3. The van der Waals surface area contributed by atoms with E-state index in [9.17, 15) is 14.9 Å². The second kappa shape index (κ2) is 8.52. The van der Waals surface area contributed by atoms with Crippen molar-refractivity contribution in [2.45, 2.75) is 6.92 Å². The molecule has 0 aliphatic rings. The summed E-state index contributed by atoms with van der Waals surface area (Å²) in [5, 5.41) is 16.4. The Morgan fingerprint density at radius 3 is 2.50 bits per heavy atom. The summed E-state index contributed by atoms with van der Waals surface area (Å²) in [6.07, 6.45) is 0. The Morgan fingerprint density at radius 2 is 1.83 bits per heavy atom. The molecule has 0 saturated carbocycles. The van der Waals surface area contributed by atoms with Gasteiger partial charge in [0.15, 0.2) is 6.61 Å². The quantitative estimate of drug-likeness (QED) is 0.441. The number of nitro groups is 1. The SMILES string of the molecule is Cc1ccccc1OCC(=O)NCCNc1ccc([N+](=O)[O-])cc1. The number of nitrogens with zero attached hydrogens (tertiary/aromatic N) is 1. The fourth-order valence-electron chi connectivity index (χ4n) is 2.02. The fourth-order valence-corrected chi connectivity index (χ4v) is 2.02. The Kier molecular flexibility index (Phi) is 6.13.